The minimum atomic E-state index is -0.628. The number of rotatable bonds is 1. The molecule has 2 aromatic carbocycles. The molecule has 0 spiro atoms. The van der Waals surface area contributed by atoms with E-state index in [4.69, 9.17) is 9.15 Å². The number of hydrogen-bond acceptors (Lipinski definition) is 5. The Hall–Kier alpha value is -2.69. The van der Waals surface area contributed by atoms with Crippen molar-refractivity contribution in [3.63, 3.8) is 0 Å². The van der Waals surface area contributed by atoms with E-state index in [1.54, 1.807) is 32.0 Å². The summed E-state index contributed by atoms with van der Waals surface area (Å²) in [4.78, 5) is 12.0. The molecule has 1 heterocycles. The molecule has 3 rings (SSSR count). The van der Waals surface area contributed by atoms with Gasteiger partial charge in [0.25, 0.3) is 0 Å². The monoisotopic (exact) mass is 286 g/mol. The third kappa shape index (κ3) is 1.81. The predicted molar refractivity (Wildman–Crippen MR) is 79.3 cm³/mol. The van der Waals surface area contributed by atoms with Crippen molar-refractivity contribution < 1.29 is 19.4 Å². The predicted octanol–water partition coefficient (Wildman–Crippen LogP) is 2.98. The Morgan fingerprint density at radius 3 is 2.33 bits per heavy atom. The molecule has 0 unspecified atom stereocenters. The number of aryl methyl sites for hydroxylation is 1. The zero-order chi connectivity index (χ0) is 15.3. The van der Waals surface area contributed by atoms with E-state index in [2.05, 4.69) is 0 Å². The first-order valence-electron chi connectivity index (χ1n) is 6.40. The van der Waals surface area contributed by atoms with Crippen LogP contribution < -0.4 is 10.4 Å². The van der Waals surface area contributed by atoms with Crippen molar-refractivity contribution in [2.45, 2.75) is 13.8 Å². The highest BCUT2D eigenvalue weighted by molar-refractivity contribution is 6.08. The molecular formula is C16H14O5. The SMILES string of the molecule is COc1cc2cc3cc(C)oc(=O)c3c(O)c2c(O)c1C. The van der Waals surface area contributed by atoms with Crippen LogP contribution in [0.3, 0.4) is 0 Å². The second-order valence-electron chi connectivity index (χ2n) is 4.98. The van der Waals surface area contributed by atoms with Crippen LogP contribution >= 0.6 is 0 Å². The minimum absolute atomic E-state index is 0.0629. The molecule has 108 valence electrons. The molecule has 0 aliphatic rings. The van der Waals surface area contributed by atoms with Gasteiger partial charge in [-0.25, -0.2) is 4.79 Å². The van der Waals surface area contributed by atoms with E-state index >= 15 is 0 Å². The first-order valence-corrected chi connectivity index (χ1v) is 6.40. The van der Waals surface area contributed by atoms with E-state index < -0.39 is 5.63 Å². The maximum Gasteiger partial charge on any atom is 0.347 e. The van der Waals surface area contributed by atoms with Crippen LogP contribution in [0.5, 0.6) is 17.2 Å². The first kappa shape index (κ1) is 13.3. The van der Waals surface area contributed by atoms with Crippen molar-refractivity contribution in [3.8, 4) is 17.2 Å². The molecule has 2 N–H and O–H groups in total. The van der Waals surface area contributed by atoms with Gasteiger partial charge in [-0.1, -0.05) is 0 Å². The van der Waals surface area contributed by atoms with Crippen molar-refractivity contribution in [2.24, 2.45) is 0 Å². The summed E-state index contributed by atoms with van der Waals surface area (Å²) in [6.07, 6.45) is 0. The summed E-state index contributed by atoms with van der Waals surface area (Å²) in [5, 5.41) is 22.1. The largest absolute Gasteiger partial charge is 0.507 e. The average Bonchev–Trinajstić information content (AvgIpc) is 2.41. The zero-order valence-electron chi connectivity index (χ0n) is 11.9. The Labute approximate surface area is 120 Å². The lowest BCUT2D eigenvalue weighted by Crippen LogP contribution is -2.01. The Morgan fingerprint density at radius 2 is 1.67 bits per heavy atom. The second-order valence-corrected chi connectivity index (χ2v) is 4.98. The number of phenolic OH excluding ortho intramolecular Hbond substituents is 2. The van der Waals surface area contributed by atoms with Gasteiger partial charge in [-0.05, 0) is 42.8 Å². The number of hydrogen-bond donors (Lipinski definition) is 2. The van der Waals surface area contributed by atoms with Crippen LogP contribution in [0.25, 0.3) is 21.5 Å². The summed E-state index contributed by atoms with van der Waals surface area (Å²) >= 11 is 0. The third-order valence-corrected chi connectivity index (χ3v) is 3.65. The highest BCUT2D eigenvalue weighted by atomic mass is 16.5. The van der Waals surface area contributed by atoms with E-state index in [-0.39, 0.29) is 22.3 Å². The van der Waals surface area contributed by atoms with Gasteiger partial charge in [0.1, 0.15) is 28.4 Å². The van der Waals surface area contributed by atoms with Gasteiger partial charge in [0.2, 0.25) is 0 Å². The van der Waals surface area contributed by atoms with Crippen LogP contribution in [0.15, 0.2) is 27.4 Å². The summed E-state index contributed by atoms with van der Waals surface area (Å²) in [6, 6.07) is 5.10. The topological polar surface area (TPSA) is 79.9 Å². The molecule has 0 fully saturated rings. The fourth-order valence-corrected chi connectivity index (χ4v) is 2.61. The van der Waals surface area contributed by atoms with Crippen molar-refractivity contribution in [2.75, 3.05) is 7.11 Å². The van der Waals surface area contributed by atoms with Gasteiger partial charge in [0.05, 0.1) is 12.5 Å². The fraction of sp³-hybridized carbons (Fsp3) is 0.188. The van der Waals surface area contributed by atoms with E-state index in [1.807, 2.05) is 0 Å². The van der Waals surface area contributed by atoms with Gasteiger partial charge >= 0.3 is 5.63 Å². The molecule has 5 heteroatoms. The molecule has 0 saturated carbocycles. The average molecular weight is 286 g/mol. The standard InChI is InChI=1S/C16H14O5/c1-7-4-9-5-10-6-11(20-3)8(2)14(17)12(10)15(18)13(9)16(19)21-7/h4-6,17-18H,1-3H3. The van der Waals surface area contributed by atoms with Gasteiger partial charge < -0.3 is 19.4 Å². The van der Waals surface area contributed by atoms with Crippen LogP contribution in [-0.2, 0) is 0 Å². The lowest BCUT2D eigenvalue weighted by molar-refractivity contribution is 0.404. The van der Waals surface area contributed by atoms with Gasteiger partial charge in [0.15, 0.2) is 0 Å². The van der Waals surface area contributed by atoms with Gasteiger partial charge in [-0.15, -0.1) is 0 Å². The molecule has 0 amide bonds. The van der Waals surface area contributed by atoms with E-state index in [0.29, 0.717) is 27.8 Å². The van der Waals surface area contributed by atoms with Crippen molar-refractivity contribution in [1.29, 1.82) is 0 Å². The molecule has 21 heavy (non-hydrogen) atoms. The third-order valence-electron chi connectivity index (χ3n) is 3.65. The summed E-state index contributed by atoms with van der Waals surface area (Å²) in [5.41, 5.74) is -0.131. The van der Waals surface area contributed by atoms with Crippen LogP contribution in [0.1, 0.15) is 11.3 Å². The lowest BCUT2D eigenvalue weighted by atomic mass is 9.99. The number of ether oxygens (including phenoxy) is 1. The molecule has 3 aromatic rings. The van der Waals surface area contributed by atoms with Gasteiger partial charge in [-0.2, -0.15) is 0 Å². The van der Waals surface area contributed by atoms with Crippen LogP contribution in [0, 0.1) is 13.8 Å². The molecule has 0 saturated heterocycles. The molecular weight excluding hydrogens is 272 g/mol. The van der Waals surface area contributed by atoms with Gasteiger partial charge in [0, 0.05) is 5.56 Å². The highest BCUT2D eigenvalue weighted by Crippen LogP contribution is 2.42. The molecule has 0 aliphatic heterocycles. The smallest absolute Gasteiger partial charge is 0.347 e. The van der Waals surface area contributed by atoms with Crippen LogP contribution in [-0.4, -0.2) is 17.3 Å². The van der Waals surface area contributed by atoms with E-state index in [9.17, 15) is 15.0 Å². The molecule has 1 aromatic heterocycles. The normalized spacial score (nSPS) is 11.2. The Kier molecular flexibility index (Phi) is 2.79. The number of phenols is 2. The zero-order valence-corrected chi connectivity index (χ0v) is 11.9. The first-order chi connectivity index (χ1) is 9.93. The summed E-state index contributed by atoms with van der Waals surface area (Å²) in [5.74, 6) is 0.580. The van der Waals surface area contributed by atoms with Crippen LogP contribution in [0.4, 0.5) is 0 Å². The summed E-state index contributed by atoms with van der Waals surface area (Å²) < 4.78 is 10.2. The van der Waals surface area contributed by atoms with Crippen molar-refractivity contribution in [1.82, 2.24) is 0 Å². The number of aromatic hydroxyl groups is 2. The number of fused-ring (bicyclic) bond motifs is 2. The van der Waals surface area contributed by atoms with Crippen LogP contribution in [0.2, 0.25) is 0 Å². The Morgan fingerprint density at radius 1 is 1.00 bits per heavy atom. The molecule has 0 atom stereocenters. The Balaban J connectivity index is 2.60. The molecule has 0 bridgehead atoms. The Bertz CT molecular complexity index is 937. The number of benzene rings is 2. The van der Waals surface area contributed by atoms with Gasteiger partial charge in [-0.3, -0.25) is 0 Å². The van der Waals surface area contributed by atoms with Crippen molar-refractivity contribution in [3.05, 3.63) is 39.9 Å². The summed E-state index contributed by atoms with van der Waals surface area (Å²) in [6.45, 7) is 3.34. The van der Waals surface area contributed by atoms with E-state index in [0.717, 1.165) is 0 Å². The minimum Gasteiger partial charge on any atom is -0.507 e. The maximum atomic E-state index is 12.0. The second kappa shape index (κ2) is 4.41. The van der Waals surface area contributed by atoms with E-state index in [1.165, 1.54) is 7.11 Å². The number of methoxy groups -OCH3 is 1. The lowest BCUT2D eigenvalue weighted by Gasteiger charge is -2.12. The fourth-order valence-electron chi connectivity index (χ4n) is 2.61. The maximum absolute atomic E-state index is 12.0. The summed E-state index contributed by atoms with van der Waals surface area (Å²) in [7, 11) is 1.51. The molecule has 0 radical (unpaired) electrons. The van der Waals surface area contributed by atoms with Crippen molar-refractivity contribution >= 4 is 21.5 Å². The highest BCUT2D eigenvalue weighted by Gasteiger charge is 2.18. The quantitative estimate of drug-likeness (QED) is 0.672. The molecule has 0 aliphatic carbocycles. The molecule has 5 nitrogen and oxygen atoms in total.